The van der Waals surface area contributed by atoms with Gasteiger partial charge in [0.2, 0.25) is 0 Å². The van der Waals surface area contributed by atoms with E-state index in [1.807, 2.05) is 30.3 Å². The molecule has 0 radical (unpaired) electrons. The van der Waals surface area contributed by atoms with E-state index in [2.05, 4.69) is 5.10 Å². The summed E-state index contributed by atoms with van der Waals surface area (Å²) < 4.78 is 47.7. The number of nitrogens with zero attached hydrogens (tertiary/aromatic N) is 2. The van der Waals surface area contributed by atoms with E-state index in [4.69, 9.17) is 4.74 Å². The summed E-state index contributed by atoms with van der Waals surface area (Å²) in [6, 6.07) is 24.0. The summed E-state index contributed by atoms with van der Waals surface area (Å²) in [6.45, 7) is 1.03. The summed E-state index contributed by atoms with van der Waals surface area (Å²) >= 11 is 0. The monoisotopic (exact) mass is 544 g/mol. The third-order valence-electron chi connectivity index (χ3n) is 6.55. The van der Waals surface area contributed by atoms with Gasteiger partial charge >= 0.3 is 12.1 Å². The Morgan fingerprint density at radius 2 is 1.65 bits per heavy atom. The van der Waals surface area contributed by atoms with Crippen molar-refractivity contribution in [3.63, 3.8) is 0 Å². The van der Waals surface area contributed by atoms with Crippen molar-refractivity contribution in [2.75, 3.05) is 0 Å². The van der Waals surface area contributed by atoms with Gasteiger partial charge in [-0.3, -0.25) is 4.79 Å². The molecule has 5 rings (SSSR count). The molecule has 1 aromatic heterocycles. The molecule has 1 heterocycles. The first-order valence-corrected chi connectivity index (χ1v) is 12.3. The van der Waals surface area contributed by atoms with Gasteiger partial charge in [-0.15, -0.1) is 0 Å². The molecule has 202 valence electrons. The molecule has 1 N–H and O–H groups in total. The van der Waals surface area contributed by atoms with Crippen LogP contribution in [0.15, 0.2) is 91.0 Å². The van der Waals surface area contributed by atoms with Crippen LogP contribution in [0.2, 0.25) is 0 Å². The molecule has 6 nitrogen and oxygen atoms in total. The van der Waals surface area contributed by atoms with Crippen molar-refractivity contribution >= 4 is 22.8 Å². The van der Waals surface area contributed by atoms with Crippen LogP contribution in [0, 0.1) is 6.92 Å². The Bertz CT molecular complexity index is 1730. The lowest BCUT2D eigenvalue weighted by atomic mass is 10.0. The van der Waals surface area contributed by atoms with Crippen molar-refractivity contribution in [2.45, 2.75) is 26.3 Å². The summed E-state index contributed by atoms with van der Waals surface area (Å²) in [5.74, 6) is -1.54. The van der Waals surface area contributed by atoms with E-state index in [1.165, 1.54) is 25.1 Å². The van der Waals surface area contributed by atoms with Crippen molar-refractivity contribution in [3.05, 3.63) is 124 Å². The normalized spacial score (nSPS) is 11.5. The molecule has 0 aliphatic carbocycles. The van der Waals surface area contributed by atoms with Crippen LogP contribution in [-0.2, 0) is 24.1 Å². The molecule has 5 aromatic rings. The maximum absolute atomic E-state index is 13.8. The zero-order chi connectivity index (χ0) is 28.4. The zero-order valence-electron chi connectivity index (χ0n) is 21.3. The molecule has 0 bridgehead atoms. The SMILES string of the molecule is Cc1cccc(C(F)(F)F)c1C(=O)n1nc(-c2ccc(C(=O)OCc3ccccc3)c(CO)c2)c2ccccc21. The third kappa shape index (κ3) is 5.11. The minimum atomic E-state index is -4.73. The number of aromatic nitrogens is 2. The lowest BCUT2D eigenvalue weighted by Crippen LogP contribution is -2.21. The van der Waals surface area contributed by atoms with Crippen LogP contribution in [0.5, 0.6) is 0 Å². The van der Waals surface area contributed by atoms with Crippen LogP contribution < -0.4 is 0 Å². The summed E-state index contributed by atoms with van der Waals surface area (Å²) in [6.07, 6.45) is -4.73. The highest BCUT2D eigenvalue weighted by Crippen LogP contribution is 2.35. The van der Waals surface area contributed by atoms with E-state index in [0.717, 1.165) is 16.3 Å². The summed E-state index contributed by atoms with van der Waals surface area (Å²) in [4.78, 5) is 26.3. The number of halogens is 3. The van der Waals surface area contributed by atoms with Gasteiger partial charge in [0.25, 0.3) is 5.91 Å². The number of aryl methyl sites for hydroxylation is 1. The molecular formula is C31H23F3N2O4. The second-order valence-electron chi connectivity index (χ2n) is 9.17. The summed E-state index contributed by atoms with van der Waals surface area (Å²) in [7, 11) is 0. The fourth-order valence-corrected chi connectivity index (χ4v) is 4.60. The van der Waals surface area contributed by atoms with E-state index in [-0.39, 0.29) is 23.3 Å². The molecule has 0 spiro atoms. The Labute approximate surface area is 227 Å². The van der Waals surface area contributed by atoms with Crippen LogP contribution in [-0.4, -0.2) is 26.8 Å². The number of esters is 1. The first-order valence-electron chi connectivity index (χ1n) is 12.3. The summed E-state index contributed by atoms with van der Waals surface area (Å²) in [5.41, 5.74) is 0.981. The predicted molar refractivity (Wildman–Crippen MR) is 143 cm³/mol. The van der Waals surface area contributed by atoms with Gasteiger partial charge in [0, 0.05) is 10.9 Å². The third-order valence-corrected chi connectivity index (χ3v) is 6.55. The van der Waals surface area contributed by atoms with Crippen LogP contribution >= 0.6 is 0 Å². The van der Waals surface area contributed by atoms with Crippen molar-refractivity contribution in [1.29, 1.82) is 0 Å². The van der Waals surface area contributed by atoms with Crippen LogP contribution in [0.25, 0.3) is 22.2 Å². The number of alkyl halides is 3. The Morgan fingerprint density at radius 3 is 2.38 bits per heavy atom. The van der Waals surface area contributed by atoms with Crippen molar-refractivity contribution in [2.24, 2.45) is 0 Å². The number of para-hydroxylation sites is 1. The van der Waals surface area contributed by atoms with Gasteiger partial charge in [0.05, 0.1) is 28.8 Å². The standard InChI is InChI=1S/C31H23F3N2O4/c1-19-8-7-12-25(31(32,33)34)27(19)29(38)36-26-13-6-5-11-24(26)28(35-36)21-14-15-23(22(16-21)17-37)30(39)40-18-20-9-3-2-4-10-20/h2-16,37H,17-18H2,1H3. The molecule has 0 fully saturated rings. The highest BCUT2D eigenvalue weighted by molar-refractivity contribution is 6.06. The topological polar surface area (TPSA) is 81.4 Å². The van der Waals surface area contributed by atoms with Gasteiger partial charge in [0.15, 0.2) is 0 Å². The highest BCUT2D eigenvalue weighted by Gasteiger charge is 2.37. The smallest absolute Gasteiger partial charge is 0.417 e. The molecule has 0 amide bonds. The van der Waals surface area contributed by atoms with Gasteiger partial charge in [-0.05, 0) is 47.9 Å². The number of hydrogen-bond donors (Lipinski definition) is 1. The quantitative estimate of drug-likeness (QED) is 0.245. The number of carbonyl (C=O) groups is 2. The lowest BCUT2D eigenvalue weighted by Gasteiger charge is -2.14. The summed E-state index contributed by atoms with van der Waals surface area (Å²) in [5, 5.41) is 15.0. The van der Waals surface area contributed by atoms with Gasteiger partial charge in [0.1, 0.15) is 12.3 Å². The maximum Gasteiger partial charge on any atom is 0.417 e. The van der Waals surface area contributed by atoms with Gasteiger partial charge < -0.3 is 9.84 Å². The molecular weight excluding hydrogens is 521 g/mol. The van der Waals surface area contributed by atoms with E-state index in [0.29, 0.717) is 22.2 Å². The number of rotatable bonds is 6. The number of benzene rings is 4. The van der Waals surface area contributed by atoms with E-state index in [1.54, 1.807) is 36.4 Å². The zero-order valence-corrected chi connectivity index (χ0v) is 21.3. The van der Waals surface area contributed by atoms with Crippen LogP contribution in [0.3, 0.4) is 0 Å². The second kappa shape index (κ2) is 10.8. The molecule has 0 unspecified atom stereocenters. The molecule has 0 atom stereocenters. The molecule has 0 saturated heterocycles. The Morgan fingerprint density at radius 1 is 0.925 bits per heavy atom. The average molecular weight is 545 g/mol. The lowest BCUT2D eigenvalue weighted by molar-refractivity contribution is -0.138. The first kappa shape index (κ1) is 26.8. The van der Waals surface area contributed by atoms with Crippen molar-refractivity contribution in [3.8, 4) is 11.3 Å². The molecule has 40 heavy (non-hydrogen) atoms. The highest BCUT2D eigenvalue weighted by atomic mass is 19.4. The molecule has 0 saturated carbocycles. The fraction of sp³-hybridized carbons (Fsp3) is 0.129. The number of hydrogen-bond acceptors (Lipinski definition) is 5. The molecule has 0 aliphatic rings. The van der Waals surface area contributed by atoms with Gasteiger partial charge in [-0.25, -0.2) is 4.79 Å². The minimum Gasteiger partial charge on any atom is -0.457 e. The average Bonchev–Trinajstić information content (AvgIpc) is 3.35. The maximum atomic E-state index is 13.8. The van der Waals surface area contributed by atoms with Crippen molar-refractivity contribution < 1.29 is 32.6 Å². The second-order valence-corrected chi connectivity index (χ2v) is 9.17. The van der Waals surface area contributed by atoms with Crippen LogP contribution in [0.4, 0.5) is 13.2 Å². The van der Waals surface area contributed by atoms with Gasteiger partial charge in [-0.1, -0.05) is 66.7 Å². The Hall–Kier alpha value is -4.76. The predicted octanol–water partition coefficient (Wildman–Crippen LogP) is 6.57. The Kier molecular flexibility index (Phi) is 7.23. The minimum absolute atomic E-state index is 0.0578. The first-order chi connectivity index (χ1) is 19.2. The molecule has 9 heteroatoms. The van der Waals surface area contributed by atoms with Gasteiger partial charge in [-0.2, -0.15) is 23.0 Å². The number of carbonyl (C=O) groups excluding carboxylic acids is 2. The van der Waals surface area contributed by atoms with Crippen LogP contribution in [0.1, 0.15) is 43.0 Å². The van der Waals surface area contributed by atoms with Crippen molar-refractivity contribution in [1.82, 2.24) is 9.78 Å². The Balaban J connectivity index is 1.54. The number of fused-ring (bicyclic) bond motifs is 1. The number of ether oxygens (including phenoxy) is 1. The van der Waals surface area contributed by atoms with E-state index in [9.17, 15) is 27.9 Å². The molecule has 0 aliphatic heterocycles. The molecule has 4 aromatic carbocycles. The van der Waals surface area contributed by atoms with E-state index < -0.39 is 35.8 Å². The number of aliphatic hydroxyl groups excluding tert-OH is 1. The number of aliphatic hydroxyl groups is 1. The fourth-order valence-electron chi connectivity index (χ4n) is 4.60. The largest absolute Gasteiger partial charge is 0.457 e. The van der Waals surface area contributed by atoms with E-state index >= 15 is 0 Å².